The molecule has 0 atom stereocenters. The number of ether oxygens (including phenoxy) is 2. The van der Waals surface area contributed by atoms with Gasteiger partial charge >= 0.3 is 6.09 Å². The van der Waals surface area contributed by atoms with Crippen LogP contribution in [0.4, 0.5) is 9.18 Å². The lowest BCUT2D eigenvalue weighted by Gasteiger charge is -2.34. The Kier molecular flexibility index (Phi) is 7.25. The molecular weight excluding hydrogens is 457 g/mol. The quantitative estimate of drug-likeness (QED) is 0.638. The molecule has 7 nitrogen and oxygen atoms in total. The molecule has 1 fully saturated rings. The number of piperazine rings is 1. The van der Waals surface area contributed by atoms with Crippen molar-refractivity contribution in [3.63, 3.8) is 0 Å². The molecule has 0 saturated carbocycles. The van der Waals surface area contributed by atoms with Gasteiger partial charge in [-0.15, -0.1) is 0 Å². The Bertz CT molecular complexity index is 917. The van der Waals surface area contributed by atoms with Gasteiger partial charge in [0.1, 0.15) is 17.1 Å². The van der Waals surface area contributed by atoms with Gasteiger partial charge in [-0.2, -0.15) is 0 Å². The summed E-state index contributed by atoms with van der Waals surface area (Å²) in [6, 6.07) is 7.29. The van der Waals surface area contributed by atoms with Crippen LogP contribution in [0.5, 0.6) is 11.6 Å². The van der Waals surface area contributed by atoms with Gasteiger partial charge in [0, 0.05) is 32.4 Å². The molecule has 0 bridgehead atoms. The highest BCUT2D eigenvalue weighted by molar-refractivity contribution is 9.10. The first-order chi connectivity index (χ1) is 14.3. The van der Waals surface area contributed by atoms with E-state index >= 15 is 0 Å². The maximum Gasteiger partial charge on any atom is 0.409 e. The van der Waals surface area contributed by atoms with Crippen LogP contribution < -0.4 is 4.74 Å². The van der Waals surface area contributed by atoms with Gasteiger partial charge in [-0.05, 0) is 52.2 Å². The number of halogens is 2. The molecule has 9 heteroatoms. The fraction of sp³-hybridized carbons (Fsp3) is 0.381. The average molecular weight is 480 g/mol. The van der Waals surface area contributed by atoms with Crippen LogP contribution in [0.1, 0.15) is 24.2 Å². The van der Waals surface area contributed by atoms with Gasteiger partial charge in [0.05, 0.1) is 11.1 Å². The average Bonchev–Trinajstić information content (AvgIpc) is 2.74. The smallest absolute Gasteiger partial charge is 0.409 e. The standard InChI is InChI=1S/C21H23BrFN3O4/c1-14(2)13-29-21(28)26-10-8-25(9-11-26)20(27)16-4-3-7-24-19(16)30-18-6-5-15(23)12-17(18)22/h3-7,12,14H,8-11,13H2,1-2H3. The van der Waals surface area contributed by atoms with E-state index in [0.717, 1.165) is 0 Å². The van der Waals surface area contributed by atoms with Crippen LogP contribution >= 0.6 is 15.9 Å². The number of carbonyl (C=O) groups is 2. The largest absolute Gasteiger partial charge is 0.449 e. The first kappa shape index (κ1) is 22.0. The second-order valence-electron chi connectivity index (χ2n) is 7.28. The Hall–Kier alpha value is -2.68. The molecular formula is C21H23BrFN3O4. The Labute approximate surface area is 182 Å². The molecule has 3 rings (SSSR count). The number of nitrogens with zero attached hydrogens (tertiary/aromatic N) is 3. The van der Waals surface area contributed by atoms with Gasteiger partial charge in [0.15, 0.2) is 0 Å². The number of amides is 2. The number of hydrogen-bond donors (Lipinski definition) is 0. The molecule has 0 N–H and O–H groups in total. The normalized spacial score (nSPS) is 14.0. The van der Waals surface area contributed by atoms with Gasteiger partial charge < -0.3 is 19.3 Å². The monoisotopic (exact) mass is 479 g/mol. The molecule has 0 radical (unpaired) electrons. The molecule has 1 aromatic heterocycles. The summed E-state index contributed by atoms with van der Waals surface area (Å²) in [6.45, 7) is 5.86. The zero-order valence-electron chi connectivity index (χ0n) is 16.8. The van der Waals surface area contributed by atoms with Gasteiger partial charge in [-0.1, -0.05) is 13.8 Å². The summed E-state index contributed by atoms with van der Waals surface area (Å²) in [5.74, 6) is 0.0975. The molecule has 2 heterocycles. The lowest BCUT2D eigenvalue weighted by Crippen LogP contribution is -2.50. The molecule has 160 valence electrons. The molecule has 1 saturated heterocycles. The molecule has 1 aliphatic heterocycles. The number of pyridine rings is 1. The van der Waals surface area contributed by atoms with Crippen molar-refractivity contribution in [3.8, 4) is 11.6 Å². The van der Waals surface area contributed by atoms with Crippen LogP contribution in [0.2, 0.25) is 0 Å². The van der Waals surface area contributed by atoms with Crippen LogP contribution in [-0.2, 0) is 4.74 Å². The van der Waals surface area contributed by atoms with Crippen molar-refractivity contribution in [1.82, 2.24) is 14.8 Å². The molecule has 0 aliphatic carbocycles. The lowest BCUT2D eigenvalue weighted by molar-refractivity contribution is 0.0533. The number of benzene rings is 1. The SMILES string of the molecule is CC(C)COC(=O)N1CCN(C(=O)c2cccnc2Oc2ccc(F)cc2Br)CC1. The summed E-state index contributed by atoms with van der Waals surface area (Å²) in [6.07, 6.45) is 1.16. The van der Waals surface area contributed by atoms with Crippen LogP contribution in [0.15, 0.2) is 41.0 Å². The summed E-state index contributed by atoms with van der Waals surface area (Å²) in [7, 11) is 0. The number of rotatable bonds is 5. The fourth-order valence-corrected chi connectivity index (χ4v) is 3.32. The fourth-order valence-electron chi connectivity index (χ4n) is 2.89. The summed E-state index contributed by atoms with van der Waals surface area (Å²) in [5.41, 5.74) is 0.296. The van der Waals surface area contributed by atoms with Crippen LogP contribution in [0.25, 0.3) is 0 Å². The zero-order chi connectivity index (χ0) is 21.7. The third-order valence-electron chi connectivity index (χ3n) is 4.47. The molecule has 30 heavy (non-hydrogen) atoms. The summed E-state index contributed by atoms with van der Waals surface area (Å²) in [5, 5.41) is 0. The molecule has 2 amide bonds. The highest BCUT2D eigenvalue weighted by Gasteiger charge is 2.28. The van der Waals surface area contributed by atoms with E-state index in [0.29, 0.717) is 48.6 Å². The Morgan fingerprint density at radius 3 is 2.53 bits per heavy atom. The predicted molar refractivity (Wildman–Crippen MR) is 112 cm³/mol. The van der Waals surface area contributed by atoms with E-state index in [1.165, 1.54) is 24.4 Å². The van der Waals surface area contributed by atoms with Gasteiger partial charge in [-0.25, -0.2) is 14.2 Å². The van der Waals surface area contributed by atoms with E-state index < -0.39 is 5.82 Å². The van der Waals surface area contributed by atoms with Gasteiger partial charge in [0.2, 0.25) is 5.88 Å². The molecule has 0 unspecified atom stereocenters. The van der Waals surface area contributed by atoms with Crippen molar-refractivity contribution in [3.05, 3.63) is 52.4 Å². The Morgan fingerprint density at radius 2 is 1.87 bits per heavy atom. The lowest BCUT2D eigenvalue weighted by atomic mass is 10.2. The second-order valence-corrected chi connectivity index (χ2v) is 8.14. The topological polar surface area (TPSA) is 72.0 Å². The van der Waals surface area contributed by atoms with E-state index in [1.807, 2.05) is 13.8 Å². The van der Waals surface area contributed by atoms with Crippen molar-refractivity contribution in [2.45, 2.75) is 13.8 Å². The maximum absolute atomic E-state index is 13.3. The first-order valence-electron chi connectivity index (χ1n) is 9.64. The van der Waals surface area contributed by atoms with Crippen molar-refractivity contribution < 1.29 is 23.5 Å². The van der Waals surface area contributed by atoms with Crippen molar-refractivity contribution in [2.75, 3.05) is 32.8 Å². The maximum atomic E-state index is 13.3. The van der Waals surface area contributed by atoms with Crippen LogP contribution in [-0.4, -0.2) is 59.6 Å². The highest BCUT2D eigenvalue weighted by Crippen LogP contribution is 2.31. The van der Waals surface area contributed by atoms with E-state index in [4.69, 9.17) is 9.47 Å². The number of hydrogen-bond acceptors (Lipinski definition) is 5. The van der Waals surface area contributed by atoms with Crippen molar-refractivity contribution >= 4 is 27.9 Å². The molecule has 1 aromatic carbocycles. The first-order valence-corrected chi connectivity index (χ1v) is 10.4. The van der Waals surface area contributed by atoms with Crippen molar-refractivity contribution in [2.24, 2.45) is 5.92 Å². The van der Waals surface area contributed by atoms with E-state index in [9.17, 15) is 14.0 Å². The van der Waals surface area contributed by atoms with Crippen LogP contribution in [0.3, 0.4) is 0 Å². The molecule has 2 aromatic rings. The second kappa shape index (κ2) is 9.88. The molecule has 1 aliphatic rings. The number of aromatic nitrogens is 1. The highest BCUT2D eigenvalue weighted by atomic mass is 79.9. The zero-order valence-corrected chi connectivity index (χ0v) is 18.4. The van der Waals surface area contributed by atoms with Gasteiger partial charge in [-0.3, -0.25) is 4.79 Å². The predicted octanol–water partition coefficient (Wildman–Crippen LogP) is 4.33. The molecule has 0 spiro atoms. The van der Waals surface area contributed by atoms with E-state index in [2.05, 4.69) is 20.9 Å². The number of carbonyl (C=O) groups excluding carboxylic acids is 2. The van der Waals surface area contributed by atoms with E-state index in [1.54, 1.807) is 21.9 Å². The summed E-state index contributed by atoms with van der Waals surface area (Å²) in [4.78, 5) is 32.6. The summed E-state index contributed by atoms with van der Waals surface area (Å²) >= 11 is 3.25. The van der Waals surface area contributed by atoms with Crippen molar-refractivity contribution in [1.29, 1.82) is 0 Å². The van der Waals surface area contributed by atoms with Crippen LogP contribution in [0, 0.1) is 11.7 Å². The Morgan fingerprint density at radius 1 is 1.17 bits per heavy atom. The third-order valence-corrected chi connectivity index (χ3v) is 5.09. The third kappa shape index (κ3) is 5.47. The van der Waals surface area contributed by atoms with E-state index in [-0.39, 0.29) is 23.8 Å². The van der Waals surface area contributed by atoms with Gasteiger partial charge in [0.25, 0.3) is 5.91 Å². The minimum Gasteiger partial charge on any atom is -0.449 e. The minimum atomic E-state index is -0.406. The minimum absolute atomic E-state index is 0.133. The summed E-state index contributed by atoms with van der Waals surface area (Å²) < 4.78 is 24.7. The Balaban J connectivity index is 1.66.